The van der Waals surface area contributed by atoms with Gasteiger partial charge < -0.3 is 0 Å². The van der Waals surface area contributed by atoms with Crippen LogP contribution in [0.15, 0.2) is 243 Å². The monoisotopic (exact) mass is 740 g/mol. The molecule has 0 aliphatic carbocycles. The second-order valence-electron chi connectivity index (χ2n) is 14.7. The summed E-state index contributed by atoms with van der Waals surface area (Å²) in [5.74, 6) is 0. The lowest BCUT2D eigenvalue weighted by molar-refractivity contribution is 1.58. The lowest BCUT2D eigenvalue weighted by Gasteiger charge is -2.37. The van der Waals surface area contributed by atoms with Crippen LogP contribution in [-0.4, -0.2) is 8.07 Å². The molecule has 268 valence electrons. The second kappa shape index (κ2) is 14.9. The molecule has 0 aromatic heterocycles. The van der Waals surface area contributed by atoms with E-state index in [4.69, 9.17) is 0 Å². The van der Waals surface area contributed by atoms with E-state index in [0.29, 0.717) is 0 Å². The SMILES string of the molecule is c1ccc(C2=C(c3ccccc3)[Si]3(C(c4ccccc4)=C2c2ccccc2)C(c2ccccc2)=C(c2ccccc2)C(c2ccccc2)=C3c2ccccc2)cc1. The van der Waals surface area contributed by atoms with Crippen molar-refractivity contribution in [1.82, 2.24) is 0 Å². The van der Waals surface area contributed by atoms with E-state index < -0.39 is 8.07 Å². The van der Waals surface area contributed by atoms with Crippen molar-refractivity contribution >= 4 is 51.2 Å². The van der Waals surface area contributed by atoms with E-state index in [9.17, 15) is 0 Å². The van der Waals surface area contributed by atoms with Gasteiger partial charge >= 0.3 is 0 Å². The standard InChI is InChI=1S/C56H40Si/c1-9-25-41(26-10-1)49-50(42-27-11-2-12-28-42)54(46-35-19-6-20-36-46)57(53(49)45-33-17-5-18-34-45)55(47-37-21-7-22-38-47)51(43-29-13-3-14-30-43)52(44-31-15-4-16-32-44)56(57)48-39-23-8-24-40-48/h1-40H. The van der Waals surface area contributed by atoms with Crippen LogP contribution in [0.1, 0.15) is 44.5 Å². The maximum atomic E-state index is 2.36. The van der Waals surface area contributed by atoms with E-state index >= 15 is 0 Å². The Morgan fingerprint density at radius 2 is 0.298 bits per heavy atom. The van der Waals surface area contributed by atoms with Crippen molar-refractivity contribution in [3.63, 3.8) is 0 Å². The first-order valence-corrected chi connectivity index (χ1v) is 21.8. The quantitative estimate of drug-likeness (QED) is 0.136. The minimum atomic E-state index is -3.42. The molecule has 2 heterocycles. The zero-order valence-corrected chi connectivity index (χ0v) is 32.6. The Bertz CT molecular complexity index is 2400. The smallest absolute Gasteiger partial charge is 0.0622 e. The first kappa shape index (κ1) is 34.4. The topological polar surface area (TPSA) is 0 Å². The van der Waals surface area contributed by atoms with Gasteiger partial charge in [-0.1, -0.05) is 243 Å². The Balaban J connectivity index is 1.56. The summed E-state index contributed by atoms with van der Waals surface area (Å²) in [6.45, 7) is 0. The number of allylic oxidation sites excluding steroid dienone is 4. The molecule has 1 spiro atoms. The highest BCUT2D eigenvalue weighted by molar-refractivity contribution is 7.37. The molecule has 0 N–H and O–H groups in total. The van der Waals surface area contributed by atoms with Crippen LogP contribution in [-0.2, 0) is 0 Å². The second-order valence-corrected chi connectivity index (χ2v) is 18.2. The van der Waals surface area contributed by atoms with E-state index in [2.05, 4.69) is 243 Å². The predicted molar refractivity (Wildman–Crippen MR) is 245 cm³/mol. The maximum absolute atomic E-state index is 3.42. The average molecular weight is 741 g/mol. The molecule has 0 atom stereocenters. The molecule has 0 fully saturated rings. The summed E-state index contributed by atoms with van der Waals surface area (Å²) in [4.78, 5) is 0. The molecule has 10 rings (SSSR count). The van der Waals surface area contributed by atoms with Crippen LogP contribution in [0.4, 0.5) is 0 Å². The lowest BCUT2D eigenvalue weighted by atomic mass is 9.89. The number of benzene rings is 8. The molecular formula is C56H40Si. The molecule has 1 heteroatoms. The highest BCUT2D eigenvalue weighted by atomic mass is 28.3. The van der Waals surface area contributed by atoms with Crippen molar-refractivity contribution < 1.29 is 0 Å². The van der Waals surface area contributed by atoms with Crippen molar-refractivity contribution in [3.8, 4) is 0 Å². The average Bonchev–Trinajstić information content (AvgIpc) is 3.79. The third-order valence-corrected chi connectivity index (χ3v) is 16.7. The van der Waals surface area contributed by atoms with Gasteiger partial charge in [0, 0.05) is 0 Å². The van der Waals surface area contributed by atoms with Crippen molar-refractivity contribution in [2.45, 2.75) is 0 Å². The van der Waals surface area contributed by atoms with Crippen molar-refractivity contribution in [2.24, 2.45) is 0 Å². The van der Waals surface area contributed by atoms with E-state index in [-0.39, 0.29) is 0 Å². The van der Waals surface area contributed by atoms with Crippen LogP contribution in [0.25, 0.3) is 43.1 Å². The van der Waals surface area contributed by atoms with Crippen LogP contribution in [0.2, 0.25) is 0 Å². The molecular weight excluding hydrogens is 701 g/mol. The lowest BCUT2D eigenvalue weighted by Crippen LogP contribution is -2.40. The van der Waals surface area contributed by atoms with Crippen molar-refractivity contribution in [3.05, 3.63) is 287 Å². The van der Waals surface area contributed by atoms with Gasteiger partial charge in [0.25, 0.3) is 0 Å². The van der Waals surface area contributed by atoms with Gasteiger partial charge in [-0.2, -0.15) is 0 Å². The summed E-state index contributed by atoms with van der Waals surface area (Å²) in [6.07, 6.45) is 0. The summed E-state index contributed by atoms with van der Waals surface area (Å²) in [6, 6.07) is 89.9. The largest absolute Gasteiger partial charge is 0.184 e. The third kappa shape index (κ3) is 5.75. The first-order valence-electron chi connectivity index (χ1n) is 19.8. The fourth-order valence-electron chi connectivity index (χ4n) is 9.44. The van der Waals surface area contributed by atoms with Gasteiger partial charge in [-0.25, -0.2) is 0 Å². The van der Waals surface area contributed by atoms with Gasteiger partial charge in [0.05, 0.1) is 0 Å². The highest BCUT2D eigenvalue weighted by Gasteiger charge is 2.60. The Morgan fingerprint density at radius 1 is 0.158 bits per heavy atom. The Labute approximate surface area is 336 Å². The molecule has 0 radical (unpaired) electrons. The Kier molecular flexibility index (Phi) is 8.99. The van der Waals surface area contributed by atoms with Crippen LogP contribution in [0, 0.1) is 0 Å². The normalized spacial score (nSPS) is 14.9. The molecule has 0 unspecified atom stereocenters. The van der Waals surface area contributed by atoms with Crippen molar-refractivity contribution in [2.75, 3.05) is 0 Å². The van der Waals surface area contributed by atoms with E-state index in [1.807, 2.05) is 0 Å². The molecule has 0 saturated heterocycles. The summed E-state index contributed by atoms with van der Waals surface area (Å²) in [5, 5.41) is 5.68. The minimum absolute atomic E-state index is 1.22. The molecule has 8 aromatic rings. The zero-order chi connectivity index (χ0) is 38.0. The molecule has 57 heavy (non-hydrogen) atoms. The van der Waals surface area contributed by atoms with E-state index in [1.165, 1.54) is 87.6 Å². The van der Waals surface area contributed by atoms with Crippen LogP contribution in [0.5, 0.6) is 0 Å². The predicted octanol–water partition coefficient (Wildman–Crippen LogP) is 14.1. The van der Waals surface area contributed by atoms with Gasteiger partial charge in [-0.15, -0.1) is 0 Å². The van der Waals surface area contributed by atoms with Gasteiger partial charge in [0.2, 0.25) is 0 Å². The van der Waals surface area contributed by atoms with Crippen molar-refractivity contribution in [1.29, 1.82) is 0 Å². The molecule has 0 saturated carbocycles. The molecule has 2 aliphatic heterocycles. The van der Waals surface area contributed by atoms with E-state index in [1.54, 1.807) is 0 Å². The number of rotatable bonds is 8. The fraction of sp³-hybridized carbons (Fsp3) is 0. The number of hydrogen-bond acceptors (Lipinski definition) is 0. The Morgan fingerprint density at radius 3 is 0.456 bits per heavy atom. The minimum Gasteiger partial charge on any atom is -0.0622 e. The summed E-state index contributed by atoms with van der Waals surface area (Å²) >= 11 is 0. The van der Waals surface area contributed by atoms with Gasteiger partial charge in [-0.05, 0) is 87.6 Å². The Hall–Kier alpha value is -7.06. The van der Waals surface area contributed by atoms with E-state index in [0.717, 1.165) is 0 Å². The summed E-state index contributed by atoms with van der Waals surface area (Å²) in [7, 11) is -3.42. The van der Waals surface area contributed by atoms with Crippen LogP contribution in [0.3, 0.4) is 0 Å². The molecule has 8 aromatic carbocycles. The summed E-state index contributed by atoms with van der Waals surface area (Å²) < 4.78 is 0. The fourth-order valence-corrected chi connectivity index (χ4v) is 15.9. The third-order valence-electron chi connectivity index (χ3n) is 11.5. The molecule has 0 nitrogen and oxygen atoms in total. The molecule has 0 amide bonds. The number of hydrogen-bond donors (Lipinski definition) is 0. The highest BCUT2D eigenvalue weighted by Crippen LogP contribution is 2.69. The van der Waals surface area contributed by atoms with Gasteiger partial charge in [0.1, 0.15) is 0 Å². The maximum Gasteiger partial charge on any atom is 0.184 e. The molecule has 2 aliphatic rings. The molecule has 0 bridgehead atoms. The van der Waals surface area contributed by atoms with Gasteiger partial charge in [0.15, 0.2) is 8.07 Å². The first-order chi connectivity index (χ1) is 28.4. The van der Waals surface area contributed by atoms with Crippen LogP contribution < -0.4 is 0 Å². The zero-order valence-electron chi connectivity index (χ0n) is 31.6. The van der Waals surface area contributed by atoms with Gasteiger partial charge in [-0.3, -0.25) is 0 Å². The summed E-state index contributed by atoms with van der Waals surface area (Å²) in [5.41, 5.74) is 15.1. The van der Waals surface area contributed by atoms with Crippen LogP contribution >= 0.6 is 0 Å².